The van der Waals surface area contributed by atoms with E-state index in [0.717, 1.165) is 12.8 Å². The van der Waals surface area contributed by atoms with Gasteiger partial charge in [0.05, 0.1) is 0 Å². The van der Waals surface area contributed by atoms with Gasteiger partial charge >= 0.3 is 5.97 Å². The Kier molecular flexibility index (Phi) is 11.1. The Morgan fingerprint density at radius 1 is 0.941 bits per heavy atom. The first kappa shape index (κ1) is 16.2. The van der Waals surface area contributed by atoms with Gasteiger partial charge in [-0.15, -0.1) is 0 Å². The minimum Gasteiger partial charge on any atom is -0.478 e. The summed E-state index contributed by atoms with van der Waals surface area (Å²) in [5.74, 6) is -0.791. The third-order valence-electron chi connectivity index (χ3n) is 3.10. The fraction of sp³-hybridized carbons (Fsp3) is 0.800. The van der Waals surface area contributed by atoms with Gasteiger partial charge in [-0.25, -0.2) is 4.79 Å². The number of hydrogen-bond acceptors (Lipinski definition) is 1. The topological polar surface area (TPSA) is 37.3 Å². The number of unbranched alkanes of at least 4 members (excludes halogenated alkanes) is 9. The summed E-state index contributed by atoms with van der Waals surface area (Å²) >= 11 is 0. The molecule has 2 nitrogen and oxygen atoms in total. The van der Waals surface area contributed by atoms with Crippen LogP contribution in [0.2, 0.25) is 0 Å². The van der Waals surface area contributed by atoms with Gasteiger partial charge in [0.25, 0.3) is 0 Å². The summed E-state index contributed by atoms with van der Waals surface area (Å²) < 4.78 is 0. The first-order valence-electron chi connectivity index (χ1n) is 7.08. The fourth-order valence-electron chi connectivity index (χ4n) is 1.86. The molecule has 0 aromatic heterocycles. The molecule has 0 unspecified atom stereocenters. The first-order chi connectivity index (χ1) is 8.18. The van der Waals surface area contributed by atoms with Gasteiger partial charge in [0, 0.05) is 5.57 Å². The number of allylic oxidation sites excluding steroid dienone is 1. The lowest BCUT2D eigenvalue weighted by Gasteiger charge is -2.00. The molecule has 0 aliphatic carbocycles. The van der Waals surface area contributed by atoms with E-state index in [4.69, 9.17) is 5.11 Å². The van der Waals surface area contributed by atoms with Gasteiger partial charge in [0.15, 0.2) is 0 Å². The van der Waals surface area contributed by atoms with E-state index in [1.54, 1.807) is 6.92 Å². The van der Waals surface area contributed by atoms with Crippen LogP contribution in [0.25, 0.3) is 0 Å². The lowest BCUT2D eigenvalue weighted by molar-refractivity contribution is -0.132. The number of hydrogen-bond donors (Lipinski definition) is 1. The number of carboxylic acids is 1. The van der Waals surface area contributed by atoms with Crippen LogP contribution in [-0.2, 0) is 4.79 Å². The van der Waals surface area contributed by atoms with Crippen LogP contribution in [0.4, 0.5) is 0 Å². The van der Waals surface area contributed by atoms with Crippen molar-refractivity contribution >= 4 is 5.97 Å². The minimum absolute atomic E-state index is 0.476. The van der Waals surface area contributed by atoms with Gasteiger partial charge in [-0.05, 0) is 19.8 Å². The number of carbonyl (C=O) groups is 1. The molecule has 0 fully saturated rings. The first-order valence-corrected chi connectivity index (χ1v) is 7.08. The van der Waals surface area contributed by atoms with E-state index in [-0.39, 0.29) is 0 Å². The summed E-state index contributed by atoms with van der Waals surface area (Å²) in [7, 11) is 0. The van der Waals surface area contributed by atoms with Crippen molar-refractivity contribution < 1.29 is 9.90 Å². The van der Waals surface area contributed by atoms with E-state index in [0.29, 0.717) is 5.57 Å². The third-order valence-corrected chi connectivity index (χ3v) is 3.10. The predicted molar refractivity (Wildman–Crippen MR) is 73.2 cm³/mol. The van der Waals surface area contributed by atoms with E-state index >= 15 is 0 Å². The van der Waals surface area contributed by atoms with Crippen LogP contribution in [0.15, 0.2) is 11.6 Å². The number of rotatable bonds is 11. The fourth-order valence-corrected chi connectivity index (χ4v) is 1.86. The summed E-state index contributed by atoms with van der Waals surface area (Å²) in [6.07, 6.45) is 14.6. The van der Waals surface area contributed by atoms with Gasteiger partial charge in [0.2, 0.25) is 0 Å². The quantitative estimate of drug-likeness (QED) is 0.410. The van der Waals surface area contributed by atoms with E-state index in [2.05, 4.69) is 6.92 Å². The zero-order chi connectivity index (χ0) is 12.9. The van der Waals surface area contributed by atoms with Crippen molar-refractivity contribution in [2.24, 2.45) is 0 Å². The Morgan fingerprint density at radius 3 is 1.88 bits per heavy atom. The molecule has 0 aromatic carbocycles. The van der Waals surface area contributed by atoms with Crippen molar-refractivity contribution in [1.29, 1.82) is 0 Å². The Balaban J connectivity index is 3.19. The monoisotopic (exact) mass is 240 g/mol. The SMILES string of the molecule is CCCCCCCCCCCC=C(C)C(=O)O. The molecule has 0 heterocycles. The molecule has 0 aliphatic rings. The smallest absolute Gasteiger partial charge is 0.330 e. The van der Waals surface area contributed by atoms with E-state index in [9.17, 15) is 4.79 Å². The molecule has 0 spiro atoms. The Bertz CT molecular complexity index is 219. The highest BCUT2D eigenvalue weighted by Crippen LogP contribution is 2.11. The van der Waals surface area contributed by atoms with Crippen molar-refractivity contribution in [1.82, 2.24) is 0 Å². The molecule has 2 heteroatoms. The van der Waals surface area contributed by atoms with Gasteiger partial charge in [-0.1, -0.05) is 64.4 Å². The lowest BCUT2D eigenvalue weighted by Crippen LogP contribution is -1.95. The second-order valence-electron chi connectivity index (χ2n) is 4.81. The van der Waals surface area contributed by atoms with Gasteiger partial charge < -0.3 is 5.11 Å². The standard InChI is InChI=1S/C15H28O2/c1-3-4-5-6-7-8-9-10-11-12-13-14(2)15(16)17/h13H,3-12H2,1-2H3,(H,16,17). The Hall–Kier alpha value is -0.790. The molecule has 0 bridgehead atoms. The van der Waals surface area contributed by atoms with Crippen LogP contribution in [0.1, 0.15) is 78.1 Å². The third kappa shape index (κ3) is 11.5. The summed E-state index contributed by atoms with van der Waals surface area (Å²) in [5.41, 5.74) is 0.476. The van der Waals surface area contributed by atoms with Crippen LogP contribution in [0.5, 0.6) is 0 Å². The summed E-state index contributed by atoms with van der Waals surface area (Å²) in [4.78, 5) is 10.5. The zero-order valence-electron chi connectivity index (χ0n) is 11.5. The largest absolute Gasteiger partial charge is 0.478 e. The van der Waals surface area contributed by atoms with E-state index in [1.165, 1.54) is 51.4 Å². The highest BCUT2D eigenvalue weighted by atomic mass is 16.4. The van der Waals surface area contributed by atoms with Gasteiger partial charge in [-0.2, -0.15) is 0 Å². The summed E-state index contributed by atoms with van der Waals surface area (Å²) in [5, 5.41) is 8.66. The molecule has 0 saturated heterocycles. The van der Waals surface area contributed by atoms with Crippen LogP contribution >= 0.6 is 0 Å². The van der Waals surface area contributed by atoms with Crippen molar-refractivity contribution in [3.05, 3.63) is 11.6 Å². The highest BCUT2D eigenvalue weighted by Gasteiger charge is 1.97. The second kappa shape index (κ2) is 11.7. The molecule has 0 atom stereocenters. The molecule has 0 rings (SSSR count). The molecule has 17 heavy (non-hydrogen) atoms. The molecule has 0 amide bonds. The van der Waals surface area contributed by atoms with E-state index in [1.807, 2.05) is 6.08 Å². The van der Waals surface area contributed by atoms with Crippen molar-refractivity contribution in [2.75, 3.05) is 0 Å². The number of carboxylic acid groups (broad SMARTS) is 1. The van der Waals surface area contributed by atoms with Gasteiger partial charge in [0.1, 0.15) is 0 Å². The normalized spacial score (nSPS) is 11.8. The second-order valence-corrected chi connectivity index (χ2v) is 4.81. The average Bonchev–Trinajstić information content (AvgIpc) is 2.31. The Labute approximate surface area is 106 Å². The van der Waals surface area contributed by atoms with Crippen LogP contribution in [0.3, 0.4) is 0 Å². The van der Waals surface area contributed by atoms with Gasteiger partial charge in [-0.3, -0.25) is 0 Å². The van der Waals surface area contributed by atoms with Crippen molar-refractivity contribution in [3.63, 3.8) is 0 Å². The maximum Gasteiger partial charge on any atom is 0.330 e. The molecule has 0 saturated carbocycles. The predicted octanol–water partition coefficient (Wildman–Crippen LogP) is 4.94. The molecule has 1 N–H and O–H groups in total. The average molecular weight is 240 g/mol. The maximum atomic E-state index is 10.5. The molecule has 100 valence electrons. The summed E-state index contributed by atoms with van der Waals surface area (Å²) in [6, 6.07) is 0. The minimum atomic E-state index is -0.791. The Morgan fingerprint density at radius 2 is 1.41 bits per heavy atom. The summed E-state index contributed by atoms with van der Waals surface area (Å²) in [6.45, 7) is 3.91. The number of aliphatic carboxylic acids is 1. The molecule has 0 radical (unpaired) electrons. The molecular formula is C15H28O2. The molecule has 0 aliphatic heterocycles. The zero-order valence-corrected chi connectivity index (χ0v) is 11.5. The molecular weight excluding hydrogens is 212 g/mol. The van der Waals surface area contributed by atoms with Crippen LogP contribution < -0.4 is 0 Å². The maximum absolute atomic E-state index is 10.5. The lowest BCUT2D eigenvalue weighted by atomic mass is 10.1. The van der Waals surface area contributed by atoms with Crippen molar-refractivity contribution in [3.8, 4) is 0 Å². The molecule has 0 aromatic rings. The highest BCUT2D eigenvalue weighted by molar-refractivity contribution is 5.85. The van der Waals surface area contributed by atoms with Crippen molar-refractivity contribution in [2.45, 2.75) is 78.1 Å². The van der Waals surface area contributed by atoms with Crippen LogP contribution in [0, 0.1) is 0 Å². The van der Waals surface area contributed by atoms with E-state index < -0.39 is 5.97 Å². The van der Waals surface area contributed by atoms with Crippen LogP contribution in [-0.4, -0.2) is 11.1 Å².